The van der Waals surface area contributed by atoms with Crippen LogP contribution >= 0.6 is 0 Å². The molecule has 486 valence electrons. The maximum atomic E-state index is 14.4. The molecule has 1 N–H and O–H groups in total. The lowest BCUT2D eigenvalue weighted by Gasteiger charge is -2.48. The van der Waals surface area contributed by atoms with E-state index < -0.39 is 157 Å². The second kappa shape index (κ2) is 31.8. The molecule has 0 amide bonds. The van der Waals surface area contributed by atoms with Crippen molar-refractivity contribution in [3.63, 3.8) is 0 Å². The SMILES string of the molecule is CC(=O)O[C@@H]1[C@@H](OC(C)=O)[C@H](O)O[C@H](CO[C@@H]2O[C@H](CO[C@H]3O[C@H](COCc4ccccc4)[C@@H](OCc4ccccc4)[C@H](OCc4ccccc4)[C@H]3OCc3ccccc3)[C@@H](OC(=O)C(C)(C)C)[C@H](OC(=O)C(C)(C)C)[C@H]2OC(=O)C(C)(C)C)[C@H]1OC(C)=O. The first-order valence-corrected chi connectivity index (χ1v) is 29.8. The zero-order valence-corrected chi connectivity index (χ0v) is 52.7. The minimum absolute atomic E-state index is 0.0374. The number of rotatable bonds is 25. The van der Waals surface area contributed by atoms with E-state index in [2.05, 4.69) is 0 Å². The Morgan fingerprint density at radius 2 is 0.663 bits per heavy atom. The van der Waals surface area contributed by atoms with Gasteiger partial charge in [0.05, 0.1) is 62.5 Å². The molecule has 0 unspecified atom stereocenters. The molecule has 15 atom stereocenters. The molecule has 0 aromatic heterocycles. The molecule has 7 rings (SSSR count). The van der Waals surface area contributed by atoms with Gasteiger partial charge >= 0.3 is 35.8 Å². The summed E-state index contributed by atoms with van der Waals surface area (Å²) in [5.74, 6) is -5.08. The molecular weight excluding hydrogens is 1160 g/mol. The van der Waals surface area contributed by atoms with Crippen molar-refractivity contribution in [3.05, 3.63) is 144 Å². The summed E-state index contributed by atoms with van der Waals surface area (Å²) in [5, 5.41) is 11.4. The fourth-order valence-electron chi connectivity index (χ4n) is 9.72. The smallest absolute Gasteiger partial charge is 0.311 e. The molecule has 0 bridgehead atoms. The summed E-state index contributed by atoms with van der Waals surface area (Å²) in [7, 11) is 0. The van der Waals surface area contributed by atoms with Crippen LogP contribution in [0.5, 0.6) is 0 Å². The summed E-state index contributed by atoms with van der Waals surface area (Å²) in [6, 6.07) is 38.2. The number of hydrogen-bond donors (Lipinski definition) is 1. The van der Waals surface area contributed by atoms with Gasteiger partial charge < -0.3 is 76.2 Å². The predicted molar refractivity (Wildman–Crippen MR) is 316 cm³/mol. The van der Waals surface area contributed by atoms with Crippen molar-refractivity contribution < 1.29 is 105 Å². The third kappa shape index (κ3) is 20.4. The van der Waals surface area contributed by atoms with Crippen LogP contribution in [0.2, 0.25) is 0 Å². The number of aliphatic hydroxyl groups is 1. The van der Waals surface area contributed by atoms with Crippen LogP contribution in [0.25, 0.3) is 0 Å². The third-order valence-electron chi connectivity index (χ3n) is 14.4. The van der Waals surface area contributed by atoms with Crippen molar-refractivity contribution in [2.24, 2.45) is 16.2 Å². The van der Waals surface area contributed by atoms with Crippen LogP contribution in [-0.2, 0) is 126 Å². The number of esters is 6. The monoisotopic (exact) mass is 1240 g/mol. The van der Waals surface area contributed by atoms with Gasteiger partial charge in [0.2, 0.25) is 0 Å². The van der Waals surface area contributed by atoms with E-state index in [9.17, 15) is 33.9 Å². The molecule has 89 heavy (non-hydrogen) atoms. The number of benzene rings is 4. The van der Waals surface area contributed by atoms with Crippen LogP contribution in [0.3, 0.4) is 0 Å². The second-order valence-electron chi connectivity index (χ2n) is 25.2. The van der Waals surface area contributed by atoms with E-state index in [0.717, 1.165) is 43.0 Å². The highest BCUT2D eigenvalue weighted by Gasteiger charge is 2.58. The molecule has 3 aliphatic heterocycles. The van der Waals surface area contributed by atoms with Gasteiger partial charge in [-0.25, -0.2) is 0 Å². The molecule has 0 spiro atoms. The summed E-state index contributed by atoms with van der Waals surface area (Å²) in [6.45, 7) is 16.8. The van der Waals surface area contributed by atoms with Gasteiger partial charge in [-0.2, -0.15) is 0 Å². The minimum atomic E-state index is -1.99. The Morgan fingerprint density at radius 1 is 0.348 bits per heavy atom. The number of hydrogen-bond acceptors (Lipinski definition) is 22. The topological polar surface area (TPSA) is 261 Å². The first-order chi connectivity index (χ1) is 42.2. The van der Waals surface area contributed by atoms with Crippen molar-refractivity contribution in [2.75, 3.05) is 19.8 Å². The fraction of sp³-hybridized carbons (Fsp3) is 0.552. The van der Waals surface area contributed by atoms with Gasteiger partial charge in [0.25, 0.3) is 0 Å². The van der Waals surface area contributed by atoms with Gasteiger partial charge in [0, 0.05) is 20.8 Å². The molecule has 0 radical (unpaired) electrons. The third-order valence-corrected chi connectivity index (χ3v) is 14.4. The highest BCUT2D eigenvalue weighted by molar-refractivity contribution is 5.78. The maximum Gasteiger partial charge on any atom is 0.311 e. The average Bonchev–Trinajstić information content (AvgIpc) is 1.41. The van der Waals surface area contributed by atoms with Gasteiger partial charge in [-0.1, -0.05) is 121 Å². The largest absolute Gasteiger partial charge is 0.456 e. The van der Waals surface area contributed by atoms with E-state index in [0.29, 0.717) is 0 Å². The van der Waals surface area contributed by atoms with Gasteiger partial charge in [0.15, 0.2) is 55.5 Å². The Bertz CT molecular complexity index is 2890. The van der Waals surface area contributed by atoms with Crippen molar-refractivity contribution in [1.29, 1.82) is 0 Å². The lowest BCUT2D eigenvalue weighted by molar-refractivity contribution is -0.351. The summed E-state index contributed by atoms with van der Waals surface area (Å²) < 4.78 is 95.9. The molecular formula is C67H86O22. The molecule has 3 fully saturated rings. The number of carbonyl (C=O) groups excluding carboxylic acids is 6. The van der Waals surface area contributed by atoms with E-state index in [-0.39, 0.29) is 33.0 Å². The van der Waals surface area contributed by atoms with Gasteiger partial charge in [-0.05, 0) is 84.6 Å². The Balaban J connectivity index is 1.34. The molecule has 3 saturated heterocycles. The van der Waals surface area contributed by atoms with Gasteiger partial charge in [-0.15, -0.1) is 0 Å². The average molecular weight is 1240 g/mol. The van der Waals surface area contributed by atoms with Crippen molar-refractivity contribution in [2.45, 2.75) is 202 Å². The Morgan fingerprint density at radius 3 is 1.09 bits per heavy atom. The molecule has 0 aliphatic carbocycles. The second-order valence-corrected chi connectivity index (χ2v) is 25.2. The normalized spacial score (nSPS) is 27.3. The highest BCUT2D eigenvalue weighted by atomic mass is 16.8. The molecule has 22 heteroatoms. The lowest BCUT2D eigenvalue weighted by Crippen LogP contribution is -2.66. The zero-order valence-electron chi connectivity index (χ0n) is 52.7. The van der Waals surface area contributed by atoms with Crippen LogP contribution in [0.15, 0.2) is 121 Å². The van der Waals surface area contributed by atoms with E-state index in [1.54, 1.807) is 62.3 Å². The Kier molecular flexibility index (Phi) is 25.0. The first kappa shape index (κ1) is 69.8. The zero-order chi connectivity index (χ0) is 64.6. The molecule has 3 heterocycles. The van der Waals surface area contributed by atoms with Crippen LogP contribution in [0.1, 0.15) is 105 Å². The fourth-order valence-corrected chi connectivity index (χ4v) is 9.72. The molecule has 4 aromatic rings. The lowest BCUT2D eigenvalue weighted by atomic mass is 9.93. The van der Waals surface area contributed by atoms with Crippen LogP contribution in [0.4, 0.5) is 0 Å². The quantitative estimate of drug-likeness (QED) is 0.0489. The highest BCUT2D eigenvalue weighted by Crippen LogP contribution is 2.38. The van der Waals surface area contributed by atoms with Gasteiger partial charge in [-0.3, -0.25) is 28.8 Å². The standard InChI is InChI=1S/C67H86O22/c1-40(68)81-51-48(84-59(71)56(83-42(3)70)54(51)82-41(2)69)38-80-61-58(89-64(74)67(10,11)12)55(88-63(73)66(7,8)9)52(87-62(72)65(4,5)6)49(86-61)39-79-60-57(78-36-46-31-23-16-24-32-46)53(77-35-45-29-21-15-22-30-45)50(76-34-44-27-19-14-20-28-44)47(85-60)37-75-33-43-25-17-13-18-26-43/h13-32,47-61,71H,33-39H2,1-12H3/t47-,48-,49-,50-,51-,52-,53+,54+,55+,56-,57-,58-,59-,60+,61-/m1/s1. The van der Waals surface area contributed by atoms with Crippen molar-refractivity contribution >= 4 is 35.8 Å². The van der Waals surface area contributed by atoms with Crippen LogP contribution in [-0.4, -0.2) is 153 Å². The molecule has 0 saturated carbocycles. The Hall–Kier alpha value is -6.70. The van der Waals surface area contributed by atoms with E-state index >= 15 is 0 Å². The summed E-state index contributed by atoms with van der Waals surface area (Å²) in [6.07, 6.45) is -22.2. The number of aliphatic hydroxyl groups excluding tert-OH is 1. The molecule has 4 aromatic carbocycles. The van der Waals surface area contributed by atoms with E-state index in [1.165, 1.54) is 0 Å². The summed E-state index contributed by atoms with van der Waals surface area (Å²) in [5.41, 5.74) is -0.185. The van der Waals surface area contributed by atoms with Crippen LogP contribution < -0.4 is 0 Å². The Labute approximate surface area is 520 Å². The maximum absolute atomic E-state index is 14.4. The van der Waals surface area contributed by atoms with Crippen LogP contribution in [0, 0.1) is 16.2 Å². The summed E-state index contributed by atoms with van der Waals surface area (Å²) >= 11 is 0. The van der Waals surface area contributed by atoms with Gasteiger partial charge in [0.1, 0.15) is 36.6 Å². The van der Waals surface area contributed by atoms with Crippen molar-refractivity contribution in [3.8, 4) is 0 Å². The van der Waals surface area contributed by atoms with Crippen molar-refractivity contribution in [1.82, 2.24) is 0 Å². The van der Waals surface area contributed by atoms with E-state index in [1.807, 2.05) is 121 Å². The predicted octanol–water partition coefficient (Wildman–Crippen LogP) is 7.83. The first-order valence-electron chi connectivity index (χ1n) is 29.8. The number of carbonyl (C=O) groups is 6. The summed E-state index contributed by atoms with van der Waals surface area (Å²) in [4.78, 5) is 80.7. The molecule has 22 nitrogen and oxygen atoms in total. The number of ether oxygens (including phenoxy) is 15. The minimum Gasteiger partial charge on any atom is -0.456 e. The van der Waals surface area contributed by atoms with E-state index in [4.69, 9.17) is 71.1 Å². The molecule has 3 aliphatic rings.